The van der Waals surface area contributed by atoms with Crippen LogP contribution >= 0.6 is 0 Å². The van der Waals surface area contributed by atoms with Gasteiger partial charge in [0.2, 0.25) is 0 Å². The van der Waals surface area contributed by atoms with E-state index in [9.17, 15) is 0 Å². The third-order valence-electron chi connectivity index (χ3n) is 11.8. The SMILES string of the molecule is CC(C)CCC[C@@H](C)[C@H]1CCC2C3CC=C4CC(OCCOCCOCCOCCO)CC[C@]4(C)C3CC[C@@]21C. The van der Waals surface area contributed by atoms with E-state index >= 15 is 0 Å². The van der Waals surface area contributed by atoms with E-state index in [0.717, 1.165) is 41.9 Å². The van der Waals surface area contributed by atoms with Gasteiger partial charge in [-0.25, -0.2) is 0 Å². The van der Waals surface area contributed by atoms with E-state index in [4.69, 9.17) is 24.1 Å². The molecule has 8 atom stereocenters. The highest BCUT2D eigenvalue weighted by Gasteiger charge is 2.59. The van der Waals surface area contributed by atoms with E-state index in [1.54, 1.807) is 5.57 Å². The summed E-state index contributed by atoms with van der Waals surface area (Å²) in [6.45, 7) is 16.6. The van der Waals surface area contributed by atoms with Crippen molar-refractivity contribution in [2.45, 2.75) is 111 Å². The Morgan fingerprint density at radius 3 is 2.23 bits per heavy atom. The minimum atomic E-state index is 0.0559. The molecule has 232 valence electrons. The third-order valence-corrected chi connectivity index (χ3v) is 11.8. The standard InChI is InChI=1S/C35H62O5/c1-26(2)7-6-8-27(3)31-11-12-32-30-10-9-28-25-29(13-15-34(28,4)33(30)14-16-35(31,32)5)40-24-23-39-22-21-38-20-19-37-18-17-36/h9,26-27,29-33,36H,6-8,10-25H2,1-5H3/t27-,29?,30?,31-,32?,33?,34+,35-/m1/s1. The van der Waals surface area contributed by atoms with Gasteiger partial charge >= 0.3 is 0 Å². The second-order valence-corrected chi connectivity index (χ2v) is 14.6. The van der Waals surface area contributed by atoms with Crippen LogP contribution in [0.2, 0.25) is 0 Å². The predicted octanol–water partition coefficient (Wildman–Crippen LogP) is 7.46. The Bertz CT molecular complexity index is 782. The third kappa shape index (κ3) is 7.73. The summed E-state index contributed by atoms with van der Waals surface area (Å²) in [6, 6.07) is 0. The average molecular weight is 563 g/mol. The molecule has 0 spiro atoms. The second kappa shape index (κ2) is 15.3. The maximum atomic E-state index is 8.69. The molecule has 5 heteroatoms. The molecule has 4 unspecified atom stereocenters. The fraction of sp³-hybridized carbons (Fsp3) is 0.943. The van der Waals surface area contributed by atoms with E-state index in [-0.39, 0.29) is 6.61 Å². The highest BCUT2D eigenvalue weighted by molar-refractivity contribution is 5.25. The molecule has 0 aromatic rings. The number of hydrogen-bond acceptors (Lipinski definition) is 5. The summed E-state index contributed by atoms with van der Waals surface area (Å²) in [6.07, 6.45) is 18.0. The Morgan fingerprint density at radius 2 is 1.52 bits per heavy atom. The summed E-state index contributed by atoms with van der Waals surface area (Å²) in [7, 11) is 0. The van der Waals surface area contributed by atoms with Crippen LogP contribution in [0.3, 0.4) is 0 Å². The number of aliphatic hydroxyl groups excluding tert-OH is 1. The molecule has 4 aliphatic carbocycles. The Kier molecular flexibility index (Phi) is 12.4. The predicted molar refractivity (Wildman–Crippen MR) is 162 cm³/mol. The van der Waals surface area contributed by atoms with Crippen LogP contribution in [0.25, 0.3) is 0 Å². The molecule has 4 rings (SSSR count). The highest BCUT2D eigenvalue weighted by atomic mass is 16.6. The number of aliphatic hydroxyl groups is 1. The van der Waals surface area contributed by atoms with Gasteiger partial charge in [-0.1, -0.05) is 65.5 Å². The fourth-order valence-electron chi connectivity index (χ4n) is 9.67. The lowest BCUT2D eigenvalue weighted by Crippen LogP contribution is -2.51. The number of ether oxygens (including phenoxy) is 4. The van der Waals surface area contributed by atoms with Crippen LogP contribution in [0.4, 0.5) is 0 Å². The summed E-state index contributed by atoms with van der Waals surface area (Å²) in [5.74, 6) is 5.37. The van der Waals surface area contributed by atoms with E-state index in [1.165, 1.54) is 64.2 Å². The summed E-state index contributed by atoms with van der Waals surface area (Å²) in [4.78, 5) is 0. The number of fused-ring (bicyclic) bond motifs is 5. The van der Waals surface area contributed by atoms with Crippen LogP contribution in [-0.4, -0.2) is 64.1 Å². The Balaban J connectivity index is 1.21. The Morgan fingerprint density at radius 1 is 0.825 bits per heavy atom. The normalized spacial score (nSPS) is 36.2. The second-order valence-electron chi connectivity index (χ2n) is 14.6. The molecule has 0 aliphatic heterocycles. The zero-order valence-corrected chi connectivity index (χ0v) is 26.6. The number of hydrogen-bond donors (Lipinski definition) is 1. The van der Waals surface area contributed by atoms with E-state index in [1.807, 2.05) is 0 Å². The summed E-state index contributed by atoms with van der Waals surface area (Å²) in [5, 5.41) is 8.69. The maximum absolute atomic E-state index is 8.69. The first-order valence-corrected chi connectivity index (χ1v) is 16.9. The average Bonchev–Trinajstić information content (AvgIpc) is 3.29. The van der Waals surface area contributed by atoms with Crippen molar-refractivity contribution in [1.29, 1.82) is 0 Å². The quantitative estimate of drug-likeness (QED) is 0.147. The van der Waals surface area contributed by atoms with Gasteiger partial charge in [-0.15, -0.1) is 0 Å². The van der Waals surface area contributed by atoms with E-state index in [0.29, 0.717) is 63.2 Å². The van der Waals surface area contributed by atoms with Crippen molar-refractivity contribution >= 4 is 0 Å². The summed E-state index contributed by atoms with van der Waals surface area (Å²) >= 11 is 0. The zero-order valence-electron chi connectivity index (χ0n) is 26.6. The van der Waals surface area contributed by atoms with Gasteiger partial charge in [0.05, 0.1) is 59.0 Å². The molecule has 0 aromatic carbocycles. The molecule has 40 heavy (non-hydrogen) atoms. The number of rotatable bonds is 17. The molecule has 3 fully saturated rings. The Hall–Kier alpha value is -0.460. The minimum Gasteiger partial charge on any atom is -0.394 e. The molecular formula is C35H62O5. The molecule has 5 nitrogen and oxygen atoms in total. The highest BCUT2D eigenvalue weighted by Crippen LogP contribution is 2.67. The molecule has 0 saturated heterocycles. The van der Waals surface area contributed by atoms with Gasteiger partial charge in [0, 0.05) is 0 Å². The van der Waals surface area contributed by atoms with Crippen LogP contribution in [0, 0.1) is 46.3 Å². The van der Waals surface area contributed by atoms with Gasteiger partial charge in [-0.05, 0) is 97.7 Å². The number of allylic oxidation sites excluding steroid dienone is 1. The van der Waals surface area contributed by atoms with E-state index < -0.39 is 0 Å². The van der Waals surface area contributed by atoms with Crippen LogP contribution in [0.1, 0.15) is 105 Å². The van der Waals surface area contributed by atoms with Gasteiger partial charge in [0.1, 0.15) is 0 Å². The van der Waals surface area contributed by atoms with Gasteiger partial charge in [-0.2, -0.15) is 0 Å². The summed E-state index contributed by atoms with van der Waals surface area (Å²) in [5.41, 5.74) is 2.67. The van der Waals surface area contributed by atoms with Crippen molar-refractivity contribution in [3.63, 3.8) is 0 Å². The minimum absolute atomic E-state index is 0.0559. The van der Waals surface area contributed by atoms with Gasteiger partial charge < -0.3 is 24.1 Å². The van der Waals surface area contributed by atoms with Gasteiger partial charge in [0.15, 0.2) is 0 Å². The topological polar surface area (TPSA) is 57.2 Å². The van der Waals surface area contributed by atoms with Crippen molar-refractivity contribution in [2.24, 2.45) is 46.3 Å². The lowest BCUT2D eigenvalue weighted by Gasteiger charge is -2.58. The lowest BCUT2D eigenvalue weighted by atomic mass is 9.47. The van der Waals surface area contributed by atoms with Crippen molar-refractivity contribution < 1.29 is 24.1 Å². The Labute approximate surface area is 246 Å². The van der Waals surface area contributed by atoms with Crippen LogP contribution in [0.15, 0.2) is 11.6 Å². The van der Waals surface area contributed by atoms with Crippen molar-refractivity contribution in [3.05, 3.63) is 11.6 Å². The van der Waals surface area contributed by atoms with Crippen molar-refractivity contribution in [2.75, 3.05) is 52.9 Å². The van der Waals surface area contributed by atoms with Crippen LogP contribution < -0.4 is 0 Å². The van der Waals surface area contributed by atoms with E-state index in [2.05, 4.69) is 40.7 Å². The van der Waals surface area contributed by atoms with Gasteiger partial charge in [-0.3, -0.25) is 0 Å². The monoisotopic (exact) mass is 562 g/mol. The first-order valence-electron chi connectivity index (χ1n) is 16.9. The van der Waals surface area contributed by atoms with Crippen molar-refractivity contribution in [1.82, 2.24) is 0 Å². The largest absolute Gasteiger partial charge is 0.394 e. The van der Waals surface area contributed by atoms with Crippen molar-refractivity contribution in [3.8, 4) is 0 Å². The molecule has 0 aromatic heterocycles. The molecule has 0 heterocycles. The first-order chi connectivity index (χ1) is 19.3. The summed E-state index contributed by atoms with van der Waals surface area (Å²) < 4.78 is 22.7. The molecule has 0 bridgehead atoms. The molecule has 0 amide bonds. The first kappa shape index (κ1) is 32.5. The molecule has 4 aliphatic rings. The maximum Gasteiger partial charge on any atom is 0.0704 e. The molecule has 3 saturated carbocycles. The van der Waals surface area contributed by atoms with Crippen LogP contribution in [-0.2, 0) is 18.9 Å². The fourth-order valence-corrected chi connectivity index (χ4v) is 9.67. The molecular weight excluding hydrogens is 500 g/mol. The zero-order chi connectivity index (χ0) is 28.6. The lowest BCUT2D eigenvalue weighted by molar-refractivity contribution is -0.0691. The molecule has 0 radical (unpaired) electrons. The smallest absolute Gasteiger partial charge is 0.0704 e. The molecule has 1 N–H and O–H groups in total. The van der Waals surface area contributed by atoms with Crippen LogP contribution in [0.5, 0.6) is 0 Å². The van der Waals surface area contributed by atoms with Gasteiger partial charge in [0.25, 0.3) is 0 Å².